The maximum absolute atomic E-state index is 11.9. The first-order valence-corrected chi connectivity index (χ1v) is 6.28. The fraction of sp³-hybridized carbons (Fsp3) is 0.786. The lowest BCUT2D eigenvalue weighted by Crippen LogP contribution is -2.55. The van der Waals surface area contributed by atoms with Crippen LogP contribution in [0.4, 0.5) is 0 Å². The minimum Gasteiger partial charge on any atom is -0.505 e. The van der Waals surface area contributed by atoms with E-state index in [4.69, 9.17) is 4.74 Å². The van der Waals surface area contributed by atoms with Gasteiger partial charge in [0.15, 0.2) is 0 Å². The van der Waals surface area contributed by atoms with Gasteiger partial charge in [0.2, 0.25) is 0 Å². The molecule has 0 aromatic rings. The van der Waals surface area contributed by atoms with Gasteiger partial charge < -0.3 is 4.74 Å². The Hall–Kier alpha value is -0.790. The third-order valence-electron chi connectivity index (χ3n) is 4.77. The minimum atomic E-state index is 0.307. The summed E-state index contributed by atoms with van der Waals surface area (Å²) in [6.07, 6.45) is 7.79. The van der Waals surface area contributed by atoms with E-state index in [1.807, 2.05) is 6.08 Å². The lowest BCUT2D eigenvalue weighted by molar-refractivity contribution is -0.155. The molecule has 0 aliphatic heterocycles. The van der Waals surface area contributed by atoms with Gasteiger partial charge in [-0.25, -0.2) is 0 Å². The van der Waals surface area contributed by atoms with E-state index in [0.717, 1.165) is 19.3 Å². The van der Waals surface area contributed by atoms with Crippen molar-refractivity contribution in [3.05, 3.63) is 12.3 Å². The molecule has 2 heteroatoms. The second-order valence-electron chi connectivity index (χ2n) is 5.82. The first-order valence-electron chi connectivity index (χ1n) is 6.28. The van der Waals surface area contributed by atoms with Gasteiger partial charge in [-0.15, -0.1) is 0 Å². The summed E-state index contributed by atoms with van der Waals surface area (Å²) in [7, 11) is 1.65. The molecule has 0 spiro atoms. The number of allylic oxidation sites excluding steroid dienone is 1. The van der Waals surface area contributed by atoms with Crippen LogP contribution in [-0.2, 0) is 9.53 Å². The second kappa shape index (κ2) is 4.23. The van der Waals surface area contributed by atoms with Gasteiger partial charge in [0, 0.05) is 12.3 Å². The molecule has 16 heavy (non-hydrogen) atoms. The van der Waals surface area contributed by atoms with Crippen LogP contribution in [0, 0.1) is 23.2 Å². The highest BCUT2D eigenvalue weighted by Crippen LogP contribution is 2.60. The van der Waals surface area contributed by atoms with E-state index in [0.29, 0.717) is 29.0 Å². The predicted octanol–water partition coefficient (Wildman–Crippen LogP) is 3.18. The summed E-state index contributed by atoms with van der Waals surface area (Å²) in [5, 5.41) is 0. The summed E-state index contributed by atoms with van der Waals surface area (Å²) in [4.78, 5) is 11.9. The molecule has 3 atom stereocenters. The highest BCUT2D eigenvalue weighted by atomic mass is 16.5. The van der Waals surface area contributed by atoms with Crippen LogP contribution in [0.5, 0.6) is 0 Å². The van der Waals surface area contributed by atoms with E-state index in [1.54, 1.807) is 13.4 Å². The average molecular weight is 222 g/mol. The van der Waals surface area contributed by atoms with Crippen LogP contribution in [0.15, 0.2) is 12.3 Å². The maximum Gasteiger partial charge on any atom is 0.136 e. The Kier molecular flexibility index (Phi) is 3.09. The van der Waals surface area contributed by atoms with E-state index in [9.17, 15) is 4.79 Å². The van der Waals surface area contributed by atoms with E-state index >= 15 is 0 Å². The normalized spacial score (nSPS) is 36.2. The quantitative estimate of drug-likeness (QED) is 0.683. The predicted molar refractivity (Wildman–Crippen MR) is 63.9 cm³/mol. The monoisotopic (exact) mass is 222 g/mol. The zero-order chi connectivity index (χ0) is 11.8. The SMILES string of the molecule is CO/C=C/CC[C@@H]1C(=O)C[C@H]2C[C@@H]1C2(C)C. The van der Waals surface area contributed by atoms with Gasteiger partial charge >= 0.3 is 0 Å². The highest BCUT2D eigenvalue weighted by molar-refractivity contribution is 5.83. The molecule has 3 rings (SSSR count). The first-order chi connectivity index (χ1) is 7.57. The molecule has 0 amide bonds. The van der Waals surface area contributed by atoms with Gasteiger partial charge in [-0.05, 0) is 42.6 Å². The number of methoxy groups -OCH3 is 1. The number of rotatable bonds is 4. The largest absolute Gasteiger partial charge is 0.505 e. The molecule has 2 bridgehead atoms. The topological polar surface area (TPSA) is 26.3 Å². The van der Waals surface area contributed by atoms with Gasteiger partial charge in [0.1, 0.15) is 5.78 Å². The zero-order valence-electron chi connectivity index (χ0n) is 10.5. The Morgan fingerprint density at radius 2 is 2.25 bits per heavy atom. The Labute approximate surface area is 98.1 Å². The lowest BCUT2D eigenvalue weighted by atomic mass is 9.45. The van der Waals surface area contributed by atoms with Crippen molar-refractivity contribution < 1.29 is 9.53 Å². The van der Waals surface area contributed by atoms with E-state index in [1.165, 1.54) is 6.42 Å². The van der Waals surface area contributed by atoms with Crippen LogP contribution in [0.3, 0.4) is 0 Å². The van der Waals surface area contributed by atoms with Crippen molar-refractivity contribution in [1.29, 1.82) is 0 Å². The molecule has 3 aliphatic rings. The molecule has 0 saturated heterocycles. The number of carbonyl (C=O) groups excluding carboxylic acids is 1. The summed E-state index contributed by atoms with van der Waals surface area (Å²) in [5.74, 6) is 2.11. The molecule has 0 N–H and O–H groups in total. The number of fused-ring (bicyclic) bond motifs is 2. The van der Waals surface area contributed by atoms with Gasteiger partial charge in [0.25, 0.3) is 0 Å². The standard InChI is InChI=1S/C14H22O2/c1-14(2)10-8-12(14)11(13(15)9-10)6-4-5-7-16-3/h5,7,10-12H,4,6,8-9H2,1-3H3/b7-5+/t10-,11+,12+/m1/s1. The Balaban J connectivity index is 1.92. The molecule has 3 saturated carbocycles. The summed E-state index contributed by atoms with van der Waals surface area (Å²) >= 11 is 0. The van der Waals surface area contributed by atoms with Crippen LogP contribution < -0.4 is 0 Å². The average Bonchev–Trinajstić information content (AvgIpc) is 2.25. The van der Waals surface area contributed by atoms with Crippen molar-refractivity contribution in [1.82, 2.24) is 0 Å². The molecule has 3 fully saturated rings. The number of carbonyl (C=O) groups is 1. The third kappa shape index (κ3) is 1.79. The number of hydrogen-bond acceptors (Lipinski definition) is 2. The second-order valence-corrected chi connectivity index (χ2v) is 5.82. The van der Waals surface area contributed by atoms with Crippen molar-refractivity contribution in [3.63, 3.8) is 0 Å². The summed E-state index contributed by atoms with van der Waals surface area (Å²) in [6.45, 7) is 4.66. The van der Waals surface area contributed by atoms with Gasteiger partial charge in [-0.2, -0.15) is 0 Å². The van der Waals surface area contributed by atoms with Gasteiger partial charge in [-0.1, -0.05) is 13.8 Å². The number of hydrogen-bond donors (Lipinski definition) is 0. The minimum absolute atomic E-state index is 0.307. The summed E-state index contributed by atoms with van der Waals surface area (Å²) < 4.78 is 4.87. The number of ketones is 1. The molecule has 0 aromatic carbocycles. The van der Waals surface area contributed by atoms with E-state index in [2.05, 4.69) is 13.8 Å². The summed E-state index contributed by atoms with van der Waals surface area (Å²) in [5.41, 5.74) is 0.406. The molecular formula is C14H22O2. The van der Waals surface area contributed by atoms with Crippen LogP contribution in [0.25, 0.3) is 0 Å². The Morgan fingerprint density at radius 1 is 1.50 bits per heavy atom. The van der Waals surface area contributed by atoms with Crippen LogP contribution in [0.2, 0.25) is 0 Å². The third-order valence-corrected chi connectivity index (χ3v) is 4.77. The van der Waals surface area contributed by atoms with Crippen molar-refractivity contribution in [2.45, 2.75) is 39.5 Å². The van der Waals surface area contributed by atoms with Crippen molar-refractivity contribution >= 4 is 5.78 Å². The molecule has 0 radical (unpaired) electrons. The van der Waals surface area contributed by atoms with Gasteiger partial charge in [-0.3, -0.25) is 4.79 Å². The van der Waals surface area contributed by atoms with Crippen molar-refractivity contribution in [3.8, 4) is 0 Å². The molecule has 90 valence electrons. The first kappa shape index (κ1) is 11.7. The molecule has 2 nitrogen and oxygen atoms in total. The van der Waals surface area contributed by atoms with Crippen LogP contribution >= 0.6 is 0 Å². The maximum atomic E-state index is 11.9. The Morgan fingerprint density at radius 3 is 2.88 bits per heavy atom. The van der Waals surface area contributed by atoms with E-state index < -0.39 is 0 Å². The number of Topliss-reactive ketones (excluding diaryl/α,β-unsaturated/α-hetero) is 1. The fourth-order valence-electron chi connectivity index (χ4n) is 3.51. The zero-order valence-corrected chi connectivity index (χ0v) is 10.5. The molecule has 0 aromatic heterocycles. The summed E-state index contributed by atoms with van der Waals surface area (Å²) in [6, 6.07) is 0. The number of ether oxygens (including phenoxy) is 1. The van der Waals surface area contributed by atoms with E-state index in [-0.39, 0.29) is 0 Å². The highest BCUT2D eigenvalue weighted by Gasteiger charge is 2.56. The Bertz CT molecular complexity index is 304. The lowest BCUT2D eigenvalue weighted by Gasteiger charge is -2.59. The fourth-order valence-corrected chi connectivity index (χ4v) is 3.51. The molecular weight excluding hydrogens is 200 g/mol. The van der Waals surface area contributed by atoms with Crippen LogP contribution in [0.1, 0.15) is 39.5 Å². The van der Waals surface area contributed by atoms with Crippen molar-refractivity contribution in [2.24, 2.45) is 23.2 Å². The van der Waals surface area contributed by atoms with Crippen molar-refractivity contribution in [2.75, 3.05) is 7.11 Å². The smallest absolute Gasteiger partial charge is 0.136 e. The van der Waals surface area contributed by atoms with Gasteiger partial charge in [0.05, 0.1) is 13.4 Å². The van der Waals surface area contributed by atoms with Crippen LogP contribution in [-0.4, -0.2) is 12.9 Å². The molecule has 3 aliphatic carbocycles. The molecule has 0 unspecified atom stereocenters. The molecule has 0 heterocycles.